The first kappa shape index (κ1) is 19.2. The highest BCUT2D eigenvalue weighted by Crippen LogP contribution is 2.38. The molecule has 1 aromatic rings. The number of ether oxygens (including phenoxy) is 2. The van der Waals surface area contributed by atoms with E-state index in [2.05, 4.69) is 21.8 Å². The quantitative estimate of drug-likeness (QED) is 0.701. The van der Waals surface area contributed by atoms with Crippen molar-refractivity contribution in [1.82, 2.24) is 14.7 Å². The zero-order chi connectivity index (χ0) is 19.5. The Labute approximate surface area is 166 Å². The van der Waals surface area contributed by atoms with E-state index in [-0.39, 0.29) is 11.9 Å². The number of carbonyl (C=O) groups is 1. The van der Waals surface area contributed by atoms with Crippen LogP contribution in [0, 0.1) is 0 Å². The number of aliphatic imine (C=N–C) groups is 1. The van der Waals surface area contributed by atoms with Gasteiger partial charge in [0.15, 0.2) is 11.5 Å². The first-order valence-corrected chi connectivity index (χ1v) is 10.3. The fourth-order valence-corrected chi connectivity index (χ4v) is 4.16. The minimum Gasteiger partial charge on any atom is -0.493 e. The Bertz CT molecular complexity index is 743. The summed E-state index contributed by atoms with van der Waals surface area (Å²) in [4.78, 5) is 24.2. The lowest BCUT2D eigenvalue weighted by Gasteiger charge is -2.32. The molecule has 0 N–H and O–H groups in total. The van der Waals surface area contributed by atoms with Crippen molar-refractivity contribution in [1.29, 1.82) is 0 Å². The number of hydrogen-bond acceptors (Lipinski definition) is 6. The molecular weight excluding hydrogens is 356 g/mol. The monoisotopic (exact) mass is 386 g/mol. The molecule has 0 unspecified atom stereocenters. The Morgan fingerprint density at radius 1 is 1.14 bits per heavy atom. The van der Waals surface area contributed by atoms with Gasteiger partial charge < -0.3 is 24.2 Å². The predicted molar refractivity (Wildman–Crippen MR) is 109 cm³/mol. The fourth-order valence-electron chi connectivity index (χ4n) is 4.16. The molecule has 2 saturated heterocycles. The summed E-state index contributed by atoms with van der Waals surface area (Å²) in [5.74, 6) is 1.29. The fraction of sp³-hybridized carbons (Fsp3) is 0.619. The SMILES string of the molecule is COc1cc2c(cc1OCCCN1CCN(C)CC1)N=C[C@@H]1CCCN1C2=O. The van der Waals surface area contributed by atoms with Gasteiger partial charge in [-0.05, 0) is 32.4 Å². The number of hydrogen-bond donors (Lipinski definition) is 0. The van der Waals surface area contributed by atoms with Gasteiger partial charge in [-0.1, -0.05) is 0 Å². The minimum atomic E-state index is 0.0370. The van der Waals surface area contributed by atoms with Gasteiger partial charge in [0.2, 0.25) is 0 Å². The second-order valence-electron chi connectivity index (χ2n) is 7.85. The van der Waals surface area contributed by atoms with Gasteiger partial charge in [0, 0.05) is 51.5 Å². The molecular formula is C21H30N4O3. The van der Waals surface area contributed by atoms with Crippen molar-refractivity contribution in [3.8, 4) is 11.5 Å². The van der Waals surface area contributed by atoms with Crippen LogP contribution in [0.15, 0.2) is 17.1 Å². The molecule has 0 bridgehead atoms. The number of methoxy groups -OCH3 is 1. The Hall–Kier alpha value is -2.12. The van der Waals surface area contributed by atoms with Crippen LogP contribution in [-0.4, -0.2) is 92.9 Å². The molecule has 1 atom stereocenters. The molecule has 0 aromatic heterocycles. The van der Waals surface area contributed by atoms with E-state index in [1.807, 2.05) is 17.2 Å². The van der Waals surface area contributed by atoms with E-state index < -0.39 is 0 Å². The van der Waals surface area contributed by atoms with Gasteiger partial charge in [0.05, 0.1) is 31.0 Å². The molecule has 28 heavy (non-hydrogen) atoms. The van der Waals surface area contributed by atoms with Crippen molar-refractivity contribution >= 4 is 17.8 Å². The molecule has 152 valence electrons. The topological polar surface area (TPSA) is 57.6 Å². The average molecular weight is 386 g/mol. The maximum atomic E-state index is 12.9. The normalized spacial score (nSPS) is 22.7. The largest absolute Gasteiger partial charge is 0.493 e. The number of piperazine rings is 1. The van der Waals surface area contributed by atoms with Crippen molar-refractivity contribution in [2.75, 3.05) is 60.0 Å². The minimum absolute atomic E-state index is 0.0370. The van der Waals surface area contributed by atoms with Gasteiger partial charge in [-0.3, -0.25) is 9.79 Å². The second-order valence-corrected chi connectivity index (χ2v) is 7.85. The van der Waals surface area contributed by atoms with E-state index in [4.69, 9.17) is 9.47 Å². The van der Waals surface area contributed by atoms with Gasteiger partial charge in [0.25, 0.3) is 5.91 Å². The van der Waals surface area contributed by atoms with Crippen LogP contribution < -0.4 is 9.47 Å². The summed E-state index contributed by atoms with van der Waals surface area (Å²) in [6, 6.07) is 3.74. The van der Waals surface area contributed by atoms with Crippen LogP contribution in [-0.2, 0) is 0 Å². The van der Waals surface area contributed by atoms with Crippen molar-refractivity contribution in [2.45, 2.75) is 25.3 Å². The molecule has 0 saturated carbocycles. The van der Waals surface area contributed by atoms with Crippen LogP contribution in [0.1, 0.15) is 29.6 Å². The Balaban J connectivity index is 1.40. The molecule has 3 heterocycles. The van der Waals surface area contributed by atoms with Crippen LogP contribution in [0.5, 0.6) is 11.5 Å². The molecule has 0 aliphatic carbocycles. The summed E-state index contributed by atoms with van der Waals surface area (Å²) < 4.78 is 11.5. The number of nitrogens with zero attached hydrogens (tertiary/aromatic N) is 4. The maximum Gasteiger partial charge on any atom is 0.256 e. The summed E-state index contributed by atoms with van der Waals surface area (Å²) in [5, 5.41) is 0. The number of fused-ring (bicyclic) bond motifs is 2. The molecule has 1 aromatic carbocycles. The first-order chi connectivity index (χ1) is 13.7. The third kappa shape index (κ3) is 4.00. The summed E-state index contributed by atoms with van der Waals surface area (Å²) in [6.07, 6.45) is 4.88. The van der Waals surface area contributed by atoms with Crippen molar-refractivity contribution in [3.05, 3.63) is 17.7 Å². The summed E-state index contributed by atoms with van der Waals surface area (Å²) in [5.41, 5.74) is 1.27. The van der Waals surface area contributed by atoms with Crippen LogP contribution in [0.4, 0.5) is 5.69 Å². The average Bonchev–Trinajstić information content (AvgIpc) is 3.14. The Morgan fingerprint density at radius 3 is 2.75 bits per heavy atom. The molecule has 2 fully saturated rings. The molecule has 7 heteroatoms. The summed E-state index contributed by atoms with van der Waals surface area (Å²) in [6.45, 7) is 6.94. The van der Waals surface area contributed by atoms with Crippen LogP contribution in [0.2, 0.25) is 0 Å². The van der Waals surface area contributed by atoms with E-state index in [0.29, 0.717) is 29.4 Å². The third-order valence-electron chi connectivity index (χ3n) is 5.93. The maximum absolute atomic E-state index is 12.9. The third-order valence-corrected chi connectivity index (χ3v) is 5.93. The lowest BCUT2D eigenvalue weighted by Crippen LogP contribution is -2.44. The molecule has 0 radical (unpaired) electrons. The number of likely N-dealkylation sites (N-methyl/N-ethyl adjacent to an activating group) is 1. The lowest BCUT2D eigenvalue weighted by atomic mass is 10.1. The van der Waals surface area contributed by atoms with Gasteiger partial charge in [-0.25, -0.2) is 0 Å². The standard InChI is InChI=1S/C21H30N4O3/c1-23-8-10-24(11-9-23)6-4-12-28-20-14-18-17(13-19(20)27-2)21(26)25-7-3-5-16(25)15-22-18/h13-16H,3-12H2,1-2H3/t16-/m0/s1. The highest BCUT2D eigenvalue weighted by atomic mass is 16.5. The van der Waals surface area contributed by atoms with Gasteiger partial charge >= 0.3 is 0 Å². The molecule has 4 rings (SSSR count). The second kappa shape index (κ2) is 8.49. The summed E-state index contributed by atoms with van der Waals surface area (Å²) >= 11 is 0. The number of amides is 1. The van der Waals surface area contributed by atoms with Gasteiger partial charge in [0.1, 0.15) is 0 Å². The molecule has 3 aliphatic rings. The van der Waals surface area contributed by atoms with Gasteiger partial charge in [-0.2, -0.15) is 0 Å². The Morgan fingerprint density at radius 2 is 1.96 bits per heavy atom. The highest BCUT2D eigenvalue weighted by molar-refractivity contribution is 6.03. The first-order valence-electron chi connectivity index (χ1n) is 10.3. The van der Waals surface area contributed by atoms with Crippen LogP contribution in [0.25, 0.3) is 0 Å². The Kier molecular flexibility index (Phi) is 5.82. The smallest absolute Gasteiger partial charge is 0.256 e. The molecule has 0 spiro atoms. The highest BCUT2D eigenvalue weighted by Gasteiger charge is 2.32. The van der Waals surface area contributed by atoms with Crippen LogP contribution >= 0.6 is 0 Å². The molecule has 3 aliphatic heterocycles. The van der Waals surface area contributed by atoms with E-state index in [1.165, 1.54) is 0 Å². The van der Waals surface area contributed by atoms with E-state index in [0.717, 1.165) is 58.5 Å². The number of benzene rings is 1. The zero-order valence-electron chi connectivity index (χ0n) is 16.9. The molecule has 1 amide bonds. The van der Waals surface area contributed by atoms with Crippen molar-refractivity contribution < 1.29 is 14.3 Å². The predicted octanol–water partition coefficient (Wildman–Crippen LogP) is 2.03. The lowest BCUT2D eigenvalue weighted by molar-refractivity contribution is 0.0774. The zero-order valence-corrected chi connectivity index (χ0v) is 16.9. The summed E-state index contributed by atoms with van der Waals surface area (Å²) in [7, 11) is 3.78. The van der Waals surface area contributed by atoms with Crippen molar-refractivity contribution in [3.63, 3.8) is 0 Å². The molecule has 7 nitrogen and oxygen atoms in total. The van der Waals surface area contributed by atoms with E-state index in [9.17, 15) is 4.79 Å². The van der Waals surface area contributed by atoms with E-state index >= 15 is 0 Å². The van der Waals surface area contributed by atoms with Gasteiger partial charge in [-0.15, -0.1) is 0 Å². The van der Waals surface area contributed by atoms with E-state index in [1.54, 1.807) is 13.2 Å². The van der Waals surface area contributed by atoms with Crippen LogP contribution in [0.3, 0.4) is 0 Å². The van der Waals surface area contributed by atoms with Crippen molar-refractivity contribution in [2.24, 2.45) is 4.99 Å². The number of carbonyl (C=O) groups excluding carboxylic acids is 1. The number of rotatable bonds is 6.